The molecule has 0 unspecified atom stereocenters. The van der Waals surface area contributed by atoms with Gasteiger partial charge in [-0.1, -0.05) is 26.0 Å². The Morgan fingerprint density at radius 1 is 1.17 bits per heavy atom. The first-order valence-electron chi connectivity index (χ1n) is 7.17. The second-order valence-electron chi connectivity index (χ2n) is 5.71. The van der Waals surface area contributed by atoms with Gasteiger partial charge in [-0.05, 0) is 30.0 Å². The van der Waals surface area contributed by atoms with Crippen LogP contribution < -0.4 is 5.32 Å². The molecule has 1 amide bonds. The number of halogens is 2. The number of alkyl halides is 2. The Kier molecular flexibility index (Phi) is 6.82. The van der Waals surface area contributed by atoms with Crippen LogP contribution in [0.3, 0.4) is 0 Å². The second kappa shape index (κ2) is 8.18. The van der Waals surface area contributed by atoms with Crippen LogP contribution in [0.15, 0.2) is 29.2 Å². The van der Waals surface area contributed by atoms with E-state index in [0.29, 0.717) is 5.56 Å². The highest BCUT2D eigenvalue weighted by Crippen LogP contribution is 2.18. The van der Waals surface area contributed by atoms with E-state index >= 15 is 0 Å². The number of carbonyl (C=O) groups excluding carboxylic acids is 1. The molecule has 1 aromatic carbocycles. The summed E-state index contributed by atoms with van der Waals surface area (Å²) in [7, 11) is -4.68. The molecule has 0 saturated heterocycles. The van der Waals surface area contributed by atoms with Gasteiger partial charge in [0.05, 0.1) is 11.3 Å². The molecule has 1 rings (SSSR count). The molecule has 9 heteroatoms. The van der Waals surface area contributed by atoms with E-state index in [0.717, 1.165) is 12.1 Å². The molecule has 1 atom stereocenters. The van der Waals surface area contributed by atoms with Crippen LogP contribution in [0.25, 0.3) is 0 Å². The van der Waals surface area contributed by atoms with E-state index in [1.165, 1.54) is 12.1 Å². The minimum absolute atomic E-state index is 0.0743. The third-order valence-electron chi connectivity index (χ3n) is 3.19. The third kappa shape index (κ3) is 5.55. The van der Waals surface area contributed by atoms with Crippen molar-refractivity contribution in [3.8, 4) is 0 Å². The summed E-state index contributed by atoms with van der Waals surface area (Å²) in [6.07, 6.45) is 0.0868. The SMILES string of the molecule is CC(C)C[C@@H](NC(=O)Cc1ccc(S(=O)(=O)C(F)F)cc1)C(=O)O. The first kappa shape index (κ1) is 20.0. The summed E-state index contributed by atoms with van der Waals surface area (Å²) >= 11 is 0. The van der Waals surface area contributed by atoms with Gasteiger partial charge in [-0.2, -0.15) is 8.78 Å². The Hall–Kier alpha value is -2.03. The molecule has 0 aromatic heterocycles. The van der Waals surface area contributed by atoms with Crippen LogP contribution in [0.1, 0.15) is 25.8 Å². The van der Waals surface area contributed by atoms with Crippen molar-refractivity contribution in [3.05, 3.63) is 29.8 Å². The van der Waals surface area contributed by atoms with Gasteiger partial charge in [0.1, 0.15) is 6.04 Å². The molecule has 2 N–H and O–H groups in total. The van der Waals surface area contributed by atoms with Crippen molar-refractivity contribution in [2.45, 2.75) is 43.4 Å². The quantitative estimate of drug-likeness (QED) is 0.734. The molecule has 0 fully saturated rings. The highest BCUT2D eigenvalue weighted by Gasteiger charge is 2.26. The largest absolute Gasteiger partial charge is 0.480 e. The molecule has 0 aliphatic rings. The van der Waals surface area contributed by atoms with E-state index in [9.17, 15) is 26.8 Å². The van der Waals surface area contributed by atoms with Gasteiger partial charge in [-0.3, -0.25) is 4.79 Å². The standard InChI is InChI=1S/C15H19F2NO5S/c1-9(2)7-12(14(20)21)18-13(19)8-10-3-5-11(6-4-10)24(22,23)15(16)17/h3-6,9,12,15H,7-8H2,1-2H3,(H,18,19)(H,20,21)/t12-/m1/s1. The number of carboxylic acids is 1. The van der Waals surface area contributed by atoms with Crippen LogP contribution in [0, 0.1) is 5.92 Å². The van der Waals surface area contributed by atoms with Gasteiger partial charge in [-0.15, -0.1) is 0 Å². The molecule has 0 spiro atoms. The molecule has 24 heavy (non-hydrogen) atoms. The van der Waals surface area contributed by atoms with Crippen molar-refractivity contribution in [1.82, 2.24) is 5.32 Å². The minimum atomic E-state index is -4.68. The summed E-state index contributed by atoms with van der Waals surface area (Å²) < 4.78 is 47.4. The van der Waals surface area contributed by atoms with Gasteiger partial charge >= 0.3 is 11.7 Å². The lowest BCUT2D eigenvalue weighted by atomic mass is 10.0. The van der Waals surface area contributed by atoms with E-state index in [1.54, 1.807) is 0 Å². The summed E-state index contributed by atoms with van der Waals surface area (Å²) in [6, 6.07) is 3.45. The van der Waals surface area contributed by atoms with E-state index in [1.807, 2.05) is 13.8 Å². The minimum Gasteiger partial charge on any atom is -0.480 e. The molecular weight excluding hydrogens is 344 g/mol. The van der Waals surface area contributed by atoms with Crippen molar-refractivity contribution < 1.29 is 31.9 Å². The number of aliphatic carboxylic acids is 1. The number of carbonyl (C=O) groups is 2. The van der Waals surface area contributed by atoms with Gasteiger partial charge in [-0.25, -0.2) is 13.2 Å². The van der Waals surface area contributed by atoms with Crippen LogP contribution in [-0.2, 0) is 25.8 Å². The Morgan fingerprint density at radius 3 is 2.12 bits per heavy atom. The number of carboxylic acid groups (broad SMARTS) is 1. The number of rotatable bonds is 8. The van der Waals surface area contributed by atoms with Gasteiger partial charge in [0.2, 0.25) is 15.7 Å². The number of nitrogens with one attached hydrogen (secondary N) is 1. The fourth-order valence-corrected chi connectivity index (χ4v) is 2.74. The summed E-state index contributed by atoms with van der Waals surface area (Å²) in [6.45, 7) is 3.65. The predicted molar refractivity (Wildman–Crippen MR) is 82.4 cm³/mol. The Balaban J connectivity index is 2.76. The topological polar surface area (TPSA) is 101 Å². The smallest absolute Gasteiger partial charge is 0.341 e. The van der Waals surface area contributed by atoms with Crippen LogP contribution in [-0.4, -0.2) is 37.2 Å². The van der Waals surface area contributed by atoms with Crippen LogP contribution in [0.5, 0.6) is 0 Å². The Bertz CT molecular complexity index is 686. The highest BCUT2D eigenvalue weighted by molar-refractivity contribution is 7.91. The molecule has 6 nitrogen and oxygen atoms in total. The van der Waals surface area contributed by atoms with Crippen LogP contribution in [0.4, 0.5) is 8.78 Å². The number of benzene rings is 1. The van der Waals surface area contributed by atoms with Crippen LogP contribution in [0.2, 0.25) is 0 Å². The molecule has 1 aromatic rings. The maximum Gasteiger partial charge on any atom is 0.341 e. The first-order chi connectivity index (χ1) is 11.0. The lowest BCUT2D eigenvalue weighted by Crippen LogP contribution is -2.42. The number of hydrogen-bond acceptors (Lipinski definition) is 4. The molecule has 0 saturated carbocycles. The summed E-state index contributed by atoms with van der Waals surface area (Å²) in [4.78, 5) is 22.4. The lowest BCUT2D eigenvalue weighted by Gasteiger charge is -2.16. The molecule has 0 radical (unpaired) electrons. The van der Waals surface area contributed by atoms with Gasteiger partial charge in [0, 0.05) is 0 Å². The fourth-order valence-electron chi connectivity index (χ4n) is 2.02. The second-order valence-corrected chi connectivity index (χ2v) is 7.63. The normalized spacial score (nSPS) is 13.1. The van der Waals surface area contributed by atoms with Crippen molar-refractivity contribution in [2.75, 3.05) is 0 Å². The van der Waals surface area contributed by atoms with E-state index < -0.39 is 38.4 Å². The number of sulfone groups is 1. The van der Waals surface area contributed by atoms with Gasteiger partial charge in [0.25, 0.3) is 0 Å². The zero-order valence-electron chi connectivity index (χ0n) is 13.2. The van der Waals surface area contributed by atoms with E-state index in [2.05, 4.69) is 5.32 Å². The summed E-state index contributed by atoms with van der Waals surface area (Å²) in [5.74, 6) is -5.13. The zero-order valence-corrected chi connectivity index (χ0v) is 14.0. The first-order valence-corrected chi connectivity index (χ1v) is 8.71. The van der Waals surface area contributed by atoms with E-state index in [4.69, 9.17) is 5.11 Å². The number of amides is 1. The molecule has 134 valence electrons. The van der Waals surface area contributed by atoms with Crippen molar-refractivity contribution >= 4 is 21.7 Å². The monoisotopic (exact) mass is 363 g/mol. The van der Waals surface area contributed by atoms with Crippen molar-refractivity contribution in [3.63, 3.8) is 0 Å². The number of hydrogen-bond donors (Lipinski definition) is 2. The molecule has 0 bridgehead atoms. The molecular formula is C15H19F2NO5S. The van der Waals surface area contributed by atoms with Crippen molar-refractivity contribution in [1.29, 1.82) is 0 Å². The van der Waals surface area contributed by atoms with Gasteiger partial charge in [0.15, 0.2) is 0 Å². The zero-order chi connectivity index (χ0) is 18.5. The molecule has 0 heterocycles. The maximum atomic E-state index is 12.4. The average Bonchev–Trinajstić information content (AvgIpc) is 2.46. The Labute approximate surface area is 138 Å². The van der Waals surface area contributed by atoms with Crippen molar-refractivity contribution in [2.24, 2.45) is 5.92 Å². The van der Waals surface area contributed by atoms with Gasteiger partial charge < -0.3 is 10.4 Å². The Morgan fingerprint density at radius 2 is 1.71 bits per heavy atom. The lowest BCUT2D eigenvalue weighted by molar-refractivity contribution is -0.142. The highest BCUT2D eigenvalue weighted by atomic mass is 32.2. The van der Waals surface area contributed by atoms with Crippen LogP contribution >= 0.6 is 0 Å². The molecule has 0 aliphatic heterocycles. The summed E-state index contributed by atoms with van der Waals surface area (Å²) in [5.41, 5.74) is 0.384. The third-order valence-corrected chi connectivity index (χ3v) is 4.59. The summed E-state index contributed by atoms with van der Waals surface area (Å²) in [5, 5.41) is 11.4. The molecule has 0 aliphatic carbocycles. The average molecular weight is 363 g/mol. The van der Waals surface area contributed by atoms with E-state index in [-0.39, 0.29) is 18.8 Å². The maximum absolute atomic E-state index is 12.4. The predicted octanol–water partition coefficient (Wildman–Crippen LogP) is 1.84. The fraction of sp³-hybridized carbons (Fsp3) is 0.467.